The monoisotopic (exact) mass is 298 g/mol. The minimum Gasteiger partial charge on any atom is -0.356 e. The molecule has 3 nitrogen and oxygen atoms in total. The summed E-state index contributed by atoms with van der Waals surface area (Å²) in [6, 6.07) is 4.02. The van der Waals surface area contributed by atoms with Crippen LogP contribution in [0.3, 0.4) is 0 Å². The summed E-state index contributed by atoms with van der Waals surface area (Å²) >= 11 is 0. The molecule has 0 saturated heterocycles. The molecule has 0 radical (unpaired) electrons. The van der Waals surface area contributed by atoms with Gasteiger partial charge in [0.15, 0.2) is 0 Å². The normalized spacial score (nSPS) is 35.5. The van der Waals surface area contributed by atoms with Gasteiger partial charge in [0.05, 0.1) is 0 Å². The molecule has 0 unspecified atom stereocenters. The first-order valence-electron chi connectivity index (χ1n) is 8.86. The molecule has 4 aliphatic rings. The summed E-state index contributed by atoms with van der Waals surface area (Å²) in [6.45, 7) is 0.733. The highest BCUT2D eigenvalue weighted by molar-refractivity contribution is 5.76. The van der Waals surface area contributed by atoms with Crippen molar-refractivity contribution in [3.8, 4) is 0 Å². The Hall–Kier alpha value is -1.38. The van der Waals surface area contributed by atoms with Crippen LogP contribution >= 0.6 is 0 Å². The Bertz CT molecular complexity index is 504. The number of nitrogens with one attached hydrogen (secondary N) is 1. The molecule has 118 valence electrons. The Balaban J connectivity index is 1.29. The Morgan fingerprint density at radius 1 is 1.18 bits per heavy atom. The number of carbonyl (C=O) groups excluding carboxylic acids is 1. The number of hydrogen-bond donors (Lipinski definition) is 1. The summed E-state index contributed by atoms with van der Waals surface area (Å²) in [5, 5.41) is 3.14. The first-order chi connectivity index (χ1) is 10.7. The second-order valence-corrected chi connectivity index (χ2v) is 8.06. The van der Waals surface area contributed by atoms with Gasteiger partial charge >= 0.3 is 0 Å². The van der Waals surface area contributed by atoms with Crippen LogP contribution in [-0.4, -0.2) is 17.4 Å². The van der Waals surface area contributed by atoms with Crippen LogP contribution in [0.5, 0.6) is 0 Å². The minimum atomic E-state index is 0.269. The smallest absolute Gasteiger partial charge is 0.220 e. The number of nitrogens with zero attached hydrogens (tertiary/aromatic N) is 1. The standard InChI is InChI=1S/C19H26N2O/c22-18(21-5-3-14-2-1-4-20-13-14)12-19-9-15-6-16(10-19)8-17(7-15)11-19/h1-2,4,13,15-17H,3,5-12H2,(H,21,22). The molecule has 1 aromatic rings. The fourth-order valence-electron chi connectivity index (χ4n) is 5.80. The highest BCUT2D eigenvalue weighted by Gasteiger charge is 2.51. The van der Waals surface area contributed by atoms with Crippen molar-refractivity contribution in [3.05, 3.63) is 30.1 Å². The third-order valence-electron chi connectivity index (χ3n) is 6.16. The van der Waals surface area contributed by atoms with Crippen molar-refractivity contribution in [3.63, 3.8) is 0 Å². The zero-order valence-electron chi connectivity index (χ0n) is 13.3. The van der Waals surface area contributed by atoms with Gasteiger partial charge in [-0.3, -0.25) is 9.78 Å². The molecule has 0 atom stereocenters. The number of amides is 1. The number of carbonyl (C=O) groups is 1. The summed E-state index contributed by atoms with van der Waals surface area (Å²) in [5.74, 6) is 3.05. The summed E-state index contributed by atoms with van der Waals surface area (Å²) in [6.07, 6.45) is 13.6. The van der Waals surface area contributed by atoms with Crippen molar-refractivity contribution in [2.75, 3.05) is 6.54 Å². The highest BCUT2D eigenvalue weighted by atomic mass is 16.1. The number of rotatable bonds is 5. The fourth-order valence-corrected chi connectivity index (χ4v) is 5.80. The molecular weight excluding hydrogens is 272 g/mol. The van der Waals surface area contributed by atoms with Gasteiger partial charge in [-0.15, -0.1) is 0 Å². The number of aromatic nitrogens is 1. The van der Waals surface area contributed by atoms with Gasteiger partial charge in [-0.2, -0.15) is 0 Å². The lowest BCUT2D eigenvalue weighted by Crippen LogP contribution is -2.48. The molecule has 0 aromatic carbocycles. The van der Waals surface area contributed by atoms with Gasteiger partial charge in [-0.25, -0.2) is 0 Å². The average Bonchev–Trinajstić information content (AvgIpc) is 2.46. The number of hydrogen-bond acceptors (Lipinski definition) is 2. The van der Waals surface area contributed by atoms with E-state index >= 15 is 0 Å². The van der Waals surface area contributed by atoms with E-state index in [4.69, 9.17) is 0 Å². The molecule has 0 aliphatic heterocycles. The Morgan fingerprint density at radius 2 is 1.86 bits per heavy atom. The molecule has 1 aromatic heterocycles. The second kappa shape index (κ2) is 5.68. The van der Waals surface area contributed by atoms with Gasteiger partial charge in [0.1, 0.15) is 0 Å². The molecule has 4 saturated carbocycles. The van der Waals surface area contributed by atoms with Crippen molar-refractivity contribution in [1.29, 1.82) is 0 Å². The highest BCUT2D eigenvalue weighted by Crippen LogP contribution is 2.61. The first kappa shape index (κ1) is 14.2. The van der Waals surface area contributed by atoms with Crippen LogP contribution in [0.4, 0.5) is 0 Å². The van der Waals surface area contributed by atoms with E-state index in [1.165, 1.54) is 44.1 Å². The third kappa shape index (κ3) is 2.90. The van der Waals surface area contributed by atoms with Gasteiger partial charge in [0, 0.05) is 25.4 Å². The quantitative estimate of drug-likeness (QED) is 0.906. The van der Waals surface area contributed by atoms with E-state index in [9.17, 15) is 4.79 Å². The number of pyridine rings is 1. The third-order valence-corrected chi connectivity index (χ3v) is 6.16. The van der Waals surface area contributed by atoms with Crippen LogP contribution in [0.2, 0.25) is 0 Å². The SMILES string of the molecule is O=C(CC12CC3CC(CC(C3)C1)C2)NCCc1cccnc1. The van der Waals surface area contributed by atoms with E-state index in [0.29, 0.717) is 5.41 Å². The molecule has 1 heterocycles. The molecule has 5 rings (SSSR count). The summed E-state index contributed by atoms with van der Waals surface area (Å²) in [5.41, 5.74) is 1.55. The minimum absolute atomic E-state index is 0.269. The summed E-state index contributed by atoms with van der Waals surface area (Å²) < 4.78 is 0. The molecule has 4 bridgehead atoms. The lowest BCUT2D eigenvalue weighted by atomic mass is 9.49. The first-order valence-corrected chi connectivity index (χ1v) is 8.86. The molecule has 1 amide bonds. The van der Waals surface area contributed by atoms with E-state index < -0.39 is 0 Å². The zero-order chi connectivity index (χ0) is 15.0. The van der Waals surface area contributed by atoms with Gasteiger partial charge < -0.3 is 5.32 Å². The topological polar surface area (TPSA) is 42.0 Å². The lowest BCUT2D eigenvalue weighted by molar-refractivity contribution is -0.129. The van der Waals surface area contributed by atoms with Crippen LogP contribution in [0.1, 0.15) is 50.5 Å². The largest absolute Gasteiger partial charge is 0.356 e. The van der Waals surface area contributed by atoms with E-state index in [1.807, 2.05) is 12.3 Å². The molecule has 1 N–H and O–H groups in total. The van der Waals surface area contributed by atoms with Crippen LogP contribution in [0.25, 0.3) is 0 Å². The Labute approximate surface area is 132 Å². The van der Waals surface area contributed by atoms with Crippen molar-refractivity contribution in [1.82, 2.24) is 10.3 Å². The van der Waals surface area contributed by atoms with Crippen LogP contribution < -0.4 is 5.32 Å². The average molecular weight is 298 g/mol. The molecular formula is C19H26N2O. The van der Waals surface area contributed by atoms with E-state index in [1.54, 1.807) is 6.20 Å². The van der Waals surface area contributed by atoms with Gasteiger partial charge in [0.2, 0.25) is 5.91 Å². The summed E-state index contributed by atoms with van der Waals surface area (Å²) in [7, 11) is 0. The van der Waals surface area contributed by atoms with Crippen molar-refractivity contribution < 1.29 is 4.79 Å². The molecule has 0 spiro atoms. The molecule has 4 fully saturated rings. The Kier molecular flexibility index (Phi) is 3.67. The maximum absolute atomic E-state index is 12.4. The van der Waals surface area contributed by atoms with Gasteiger partial charge in [-0.1, -0.05) is 6.07 Å². The lowest BCUT2D eigenvalue weighted by Gasteiger charge is -2.56. The second-order valence-electron chi connectivity index (χ2n) is 8.06. The molecule has 4 aliphatic carbocycles. The van der Waals surface area contributed by atoms with E-state index in [0.717, 1.165) is 37.1 Å². The summed E-state index contributed by atoms with van der Waals surface area (Å²) in [4.78, 5) is 16.5. The van der Waals surface area contributed by atoms with Crippen molar-refractivity contribution in [2.24, 2.45) is 23.2 Å². The predicted molar refractivity (Wildman–Crippen MR) is 86.2 cm³/mol. The fraction of sp³-hybridized carbons (Fsp3) is 0.684. The van der Waals surface area contributed by atoms with Crippen LogP contribution in [0, 0.1) is 23.2 Å². The van der Waals surface area contributed by atoms with E-state index in [2.05, 4.69) is 16.4 Å². The zero-order valence-corrected chi connectivity index (χ0v) is 13.3. The van der Waals surface area contributed by atoms with E-state index in [-0.39, 0.29) is 5.91 Å². The van der Waals surface area contributed by atoms with Gasteiger partial charge in [-0.05, 0) is 79.7 Å². The van der Waals surface area contributed by atoms with Crippen molar-refractivity contribution >= 4 is 5.91 Å². The van der Waals surface area contributed by atoms with Crippen LogP contribution in [0.15, 0.2) is 24.5 Å². The molecule has 22 heavy (non-hydrogen) atoms. The van der Waals surface area contributed by atoms with Crippen molar-refractivity contribution in [2.45, 2.75) is 51.4 Å². The maximum atomic E-state index is 12.4. The van der Waals surface area contributed by atoms with Gasteiger partial charge in [0.25, 0.3) is 0 Å². The predicted octanol–water partition coefficient (Wildman–Crippen LogP) is 3.35. The Morgan fingerprint density at radius 3 is 2.45 bits per heavy atom. The van der Waals surface area contributed by atoms with Crippen LogP contribution in [-0.2, 0) is 11.2 Å². The molecule has 3 heteroatoms. The maximum Gasteiger partial charge on any atom is 0.220 e.